The van der Waals surface area contributed by atoms with E-state index < -0.39 is 0 Å². The van der Waals surface area contributed by atoms with E-state index in [1.54, 1.807) is 18.1 Å². The molecule has 2 aliphatic rings. The quantitative estimate of drug-likeness (QED) is 0.482. The summed E-state index contributed by atoms with van der Waals surface area (Å²) in [7, 11) is 2.16. The van der Waals surface area contributed by atoms with Gasteiger partial charge in [-0.25, -0.2) is 19.9 Å². The lowest BCUT2D eigenvalue weighted by atomic mass is 10.1. The van der Waals surface area contributed by atoms with Gasteiger partial charge in [0.1, 0.15) is 11.6 Å². The van der Waals surface area contributed by atoms with Crippen LogP contribution >= 0.6 is 11.9 Å². The Hall–Kier alpha value is -3.17. The van der Waals surface area contributed by atoms with Crippen LogP contribution < -0.4 is 14.5 Å². The van der Waals surface area contributed by atoms with Crippen LogP contribution in [0.2, 0.25) is 0 Å². The van der Waals surface area contributed by atoms with E-state index in [-0.39, 0.29) is 0 Å². The molecule has 0 aliphatic carbocycles. The minimum Gasteiger partial charge on any atom is -0.368 e. The van der Waals surface area contributed by atoms with Crippen molar-refractivity contribution in [2.75, 3.05) is 54.3 Å². The first-order valence-electron chi connectivity index (χ1n) is 10.3. The first kappa shape index (κ1) is 19.8. The number of likely N-dealkylation sites (N-methyl/N-ethyl adjacent to an activating group) is 1. The van der Waals surface area contributed by atoms with Gasteiger partial charge in [-0.3, -0.25) is 4.31 Å². The molecule has 5 heterocycles. The Morgan fingerprint density at radius 2 is 1.97 bits per heavy atom. The molecule has 1 fully saturated rings. The number of pyridine rings is 2. The molecule has 9 heteroatoms. The van der Waals surface area contributed by atoms with Crippen molar-refractivity contribution in [3.63, 3.8) is 0 Å². The maximum Gasteiger partial charge on any atom is 0.228 e. The van der Waals surface area contributed by atoms with Crippen LogP contribution in [0.15, 0.2) is 60.4 Å². The van der Waals surface area contributed by atoms with E-state index in [1.165, 1.54) is 0 Å². The fourth-order valence-corrected chi connectivity index (χ4v) is 4.69. The summed E-state index contributed by atoms with van der Waals surface area (Å²) in [6, 6.07) is 8.04. The first-order chi connectivity index (χ1) is 15.2. The Kier molecular flexibility index (Phi) is 5.44. The summed E-state index contributed by atoms with van der Waals surface area (Å²) in [5, 5.41) is 3.24. The molecule has 0 radical (unpaired) electrons. The van der Waals surface area contributed by atoms with Gasteiger partial charge < -0.3 is 15.1 Å². The summed E-state index contributed by atoms with van der Waals surface area (Å²) < 4.78 is 2.10. The van der Waals surface area contributed by atoms with Crippen LogP contribution in [0.1, 0.15) is 0 Å². The minimum absolute atomic E-state index is 0.520. The molecule has 0 saturated carbocycles. The monoisotopic (exact) mass is 432 g/mol. The summed E-state index contributed by atoms with van der Waals surface area (Å²) in [6.45, 7) is 8.72. The molecular weight excluding hydrogens is 408 g/mol. The van der Waals surface area contributed by atoms with Crippen molar-refractivity contribution in [3.8, 4) is 11.3 Å². The van der Waals surface area contributed by atoms with Crippen LogP contribution in [-0.4, -0.2) is 64.6 Å². The van der Waals surface area contributed by atoms with Crippen molar-refractivity contribution in [3.05, 3.63) is 55.5 Å². The molecule has 0 bridgehead atoms. The fourth-order valence-electron chi connectivity index (χ4n) is 3.70. The Balaban J connectivity index is 1.36. The minimum atomic E-state index is 0.520. The summed E-state index contributed by atoms with van der Waals surface area (Å²) >= 11 is 1.58. The van der Waals surface area contributed by atoms with Crippen LogP contribution in [0.4, 0.5) is 23.3 Å². The van der Waals surface area contributed by atoms with E-state index in [1.807, 2.05) is 36.7 Å². The predicted molar refractivity (Wildman–Crippen MR) is 126 cm³/mol. The van der Waals surface area contributed by atoms with E-state index in [9.17, 15) is 0 Å². The molecule has 0 unspecified atom stereocenters. The van der Waals surface area contributed by atoms with Crippen molar-refractivity contribution in [2.24, 2.45) is 0 Å². The Morgan fingerprint density at radius 3 is 2.74 bits per heavy atom. The molecule has 3 aromatic rings. The standard InChI is InChI=1S/C22H24N8S/c1-3-9-30-21-17(5-4-8-23-21)20-18(31-30)15-25-22(27-20)26-19-7-6-16(14-24-19)29-12-10-28(2)11-13-29/h3-8,14-15H,1,9-13H2,2H3,(H,24,25,26,27). The molecule has 1 N–H and O–H groups in total. The smallest absolute Gasteiger partial charge is 0.228 e. The average Bonchev–Trinajstić information content (AvgIpc) is 2.81. The molecule has 0 atom stereocenters. The number of anilines is 4. The van der Waals surface area contributed by atoms with Gasteiger partial charge >= 0.3 is 0 Å². The van der Waals surface area contributed by atoms with Gasteiger partial charge in [0.2, 0.25) is 5.95 Å². The fraction of sp³-hybridized carbons (Fsp3) is 0.273. The Labute approximate surface area is 186 Å². The Bertz CT molecular complexity index is 1080. The molecule has 0 amide bonds. The molecule has 0 spiro atoms. The van der Waals surface area contributed by atoms with Crippen molar-refractivity contribution < 1.29 is 0 Å². The zero-order chi connectivity index (χ0) is 21.2. The molecule has 5 rings (SSSR count). The van der Waals surface area contributed by atoms with Crippen molar-refractivity contribution in [1.29, 1.82) is 0 Å². The lowest BCUT2D eigenvalue weighted by molar-refractivity contribution is 0.313. The molecule has 2 aliphatic heterocycles. The summed E-state index contributed by atoms with van der Waals surface area (Å²) in [4.78, 5) is 24.1. The number of hydrogen-bond donors (Lipinski definition) is 1. The zero-order valence-electron chi connectivity index (χ0n) is 17.4. The number of aromatic nitrogens is 4. The van der Waals surface area contributed by atoms with Gasteiger partial charge in [0, 0.05) is 50.7 Å². The highest BCUT2D eigenvalue weighted by Crippen LogP contribution is 2.44. The van der Waals surface area contributed by atoms with Crippen molar-refractivity contribution in [1.82, 2.24) is 24.8 Å². The highest BCUT2D eigenvalue weighted by Gasteiger charge is 2.25. The van der Waals surface area contributed by atoms with Crippen LogP contribution in [0.5, 0.6) is 0 Å². The molecule has 3 aromatic heterocycles. The summed E-state index contributed by atoms with van der Waals surface area (Å²) in [5.41, 5.74) is 3.01. The normalized spacial score (nSPS) is 15.9. The summed E-state index contributed by atoms with van der Waals surface area (Å²) in [6.07, 6.45) is 7.42. The third kappa shape index (κ3) is 4.06. The average molecular weight is 433 g/mol. The molecule has 0 aromatic carbocycles. The van der Waals surface area contributed by atoms with Gasteiger partial charge in [-0.05, 0) is 43.3 Å². The maximum atomic E-state index is 4.77. The molecule has 31 heavy (non-hydrogen) atoms. The van der Waals surface area contributed by atoms with Gasteiger partial charge in [-0.15, -0.1) is 6.58 Å². The van der Waals surface area contributed by atoms with Crippen LogP contribution in [0.3, 0.4) is 0 Å². The Morgan fingerprint density at radius 1 is 1.10 bits per heavy atom. The number of rotatable bonds is 5. The number of nitrogens with zero attached hydrogens (tertiary/aromatic N) is 7. The maximum absolute atomic E-state index is 4.77. The molecule has 158 valence electrons. The SMILES string of the molecule is C=CCN1Sc2cnc(Nc3ccc(N4CCN(C)CC4)cn3)nc2-c2cccnc21. The number of fused-ring (bicyclic) bond motifs is 3. The van der Waals surface area contributed by atoms with E-state index in [0.29, 0.717) is 12.5 Å². The number of nitrogens with one attached hydrogen (secondary N) is 1. The highest BCUT2D eigenvalue weighted by atomic mass is 32.2. The van der Waals surface area contributed by atoms with Crippen LogP contribution in [-0.2, 0) is 0 Å². The molecule has 1 saturated heterocycles. The number of piperazine rings is 1. The topological polar surface area (TPSA) is 73.3 Å². The second-order valence-electron chi connectivity index (χ2n) is 7.54. The second-order valence-corrected chi connectivity index (χ2v) is 8.60. The van der Waals surface area contributed by atoms with Gasteiger partial charge in [-0.2, -0.15) is 0 Å². The van der Waals surface area contributed by atoms with E-state index >= 15 is 0 Å². The van der Waals surface area contributed by atoms with E-state index in [4.69, 9.17) is 4.98 Å². The summed E-state index contributed by atoms with van der Waals surface area (Å²) in [5.74, 6) is 2.13. The lowest BCUT2D eigenvalue weighted by Gasteiger charge is -2.33. The number of hydrogen-bond acceptors (Lipinski definition) is 9. The van der Waals surface area contributed by atoms with Gasteiger partial charge in [0.15, 0.2) is 0 Å². The van der Waals surface area contributed by atoms with Gasteiger partial charge in [0.05, 0.1) is 22.5 Å². The zero-order valence-corrected chi connectivity index (χ0v) is 18.2. The third-order valence-corrected chi connectivity index (χ3v) is 6.43. The van der Waals surface area contributed by atoms with Crippen molar-refractivity contribution >= 4 is 35.2 Å². The molecular formula is C22H24N8S. The third-order valence-electron chi connectivity index (χ3n) is 5.39. The van der Waals surface area contributed by atoms with Gasteiger partial charge in [-0.1, -0.05) is 6.08 Å². The van der Waals surface area contributed by atoms with E-state index in [2.05, 4.69) is 54.1 Å². The lowest BCUT2D eigenvalue weighted by Crippen LogP contribution is -2.44. The second kappa shape index (κ2) is 8.52. The highest BCUT2D eigenvalue weighted by molar-refractivity contribution is 8.00. The van der Waals surface area contributed by atoms with Crippen LogP contribution in [0, 0.1) is 0 Å². The van der Waals surface area contributed by atoms with Gasteiger partial charge in [0.25, 0.3) is 0 Å². The first-order valence-corrected chi connectivity index (χ1v) is 11.0. The van der Waals surface area contributed by atoms with Crippen LogP contribution in [0.25, 0.3) is 11.3 Å². The largest absolute Gasteiger partial charge is 0.368 e. The van der Waals surface area contributed by atoms with E-state index in [0.717, 1.165) is 59.7 Å². The molecule has 8 nitrogen and oxygen atoms in total. The van der Waals surface area contributed by atoms with Crippen molar-refractivity contribution in [2.45, 2.75) is 4.90 Å². The predicted octanol–water partition coefficient (Wildman–Crippen LogP) is 3.44.